The van der Waals surface area contributed by atoms with Crippen LogP contribution < -0.4 is 15.6 Å². The van der Waals surface area contributed by atoms with E-state index in [-0.39, 0.29) is 5.56 Å². The Morgan fingerprint density at radius 3 is 3.08 bits per heavy atom. The molecule has 6 nitrogen and oxygen atoms in total. The second kappa shape index (κ2) is 5.94. The van der Waals surface area contributed by atoms with Crippen molar-refractivity contribution in [3.8, 4) is 5.75 Å². The number of nitrogens with zero attached hydrogens (tertiary/aromatic N) is 2. The molecule has 0 unspecified atom stereocenters. The molecule has 1 fully saturated rings. The third-order valence-electron chi connectivity index (χ3n) is 4.77. The number of benzene rings is 1. The summed E-state index contributed by atoms with van der Waals surface area (Å²) in [5, 5.41) is 9.08. The maximum atomic E-state index is 12.3. The maximum absolute atomic E-state index is 12.3. The largest absolute Gasteiger partial charge is 0.493 e. The number of fused-ring (bicyclic) bond motifs is 3. The van der Waals surface area contributed by atoms with Gasteiger partial charge in [0.05, 0.1) is 23.2 Å². The standard InChI is InChI=1S/C18H22N4O2/c1-3-24-15-6-4-5-13-17(15)18-20-16(23)10-14(22(18)21-13)12-7-8-19-11(2)9-12/h4-6,10-12,19H,3,7-9H2,1-2H3,(H,20,23)/t11-,12+/m1/s1. The third kappa shape index (κ3) is 2.47. The van der Waals surface area contributed by atoms with Crippen molar-refractivity contribution in [3.63, 3.8) is 0 Å². The monoisotopic (exact) mass is 326 g/mol. The number of aromatic amines is 1. The molecule has 0 spiro atoms. The van der Waals surface area contributed by atoms with Gasteiger partial charge in [-0.15, -0.1) is 0 Å². The lowest BCUT2D eigenvalue weighted by Gasteiger charge is -2.28. The highest BCUT2D eigenvalue weighted by Gasteiger charge is 2.24. The van der Waals surface area contributed by atoms with E-state index in [1.807, 2.05) is 29.6 Å². The minimum atomic E-state index is -0.0863. The number of rotatable bonds is 3. The van der Waals surface area contributed by atoms with Gasteiger partial charge in [-0.05, 0) is 45.4 Å². The van der Waals surface area contributed by atoms with Gasteiger partial charge in [0.15, 0.2) is 0 Å². The van der Waals surface area contributed by atoms with Crippen LogP contribution in [-0.4, -0.2) is 33.8 Å². The van der Waals surface area contributed by atoms with Crippen LogP contribution in [0.2, 0.25) is 0 Å². The first kappa shape index (κ1) is 15.2. The van der Waals surface area contributed by atoms with Gasteiger partial charge in [-0.2, -0.15) is 5.10 Å². The summed E-state index contributed by atoms with van der Waals surface area (Å²) in [6.45, 7) is 5.68. The van der Waals surface area contributed by atoms with Crippen molar-refractivity contribution in [3.05, 3.63) is 40.3 Å². The lowest BCUT2D eigenvalue weighted by molar-refractivity contribution is 0.344. The fourth-order valence-electron chi connectivity index (χ4n) is 3.72. The van der Waals surface area contributed by atoms with Crippen LogP contribution in [0.25, 0.3) is 16.6 Å². The summed E-state index contributed by atoms with van der Waals surface area (Å²) in [7, 11) is 0. The number of H-pyrrole nitrogens is 1. The molecule has 1 aliphatic heterocycles. The zero-order chi connectivity index (χ0) is 16.7. The van der Waals surface area contributed by atoms with Gasteiger partial charge in [0.2, 0.25) is 0 Å². The molecule has 1 aliphatic rings. The normalized spacial score (nSPS) is 21.4. The van der Waals surface area contributed by atoms with E-state index in [2.05, 4.69) is 17.2 Å². The molecular weight excluding hydrogens is 304 g/mol. The predicted molar refractivity (Wildman–Crippen MR) is 93.9 cm³/mol. The molecule has 24 heavy (non-hydrogen) atoms. The van der Waals surface area contributed by atoms with Crippen molar-refractivity contribution in [2.75, 3.05) is 13.2 Å². The van der Waals surface area contributed by atoms with Crippen LogP contribution >= 0.6 is 0 Å². The molecule has 0 amide bonds. The van der Waals surface area contributed by atoms with Crippen LogP contribution in [0.15, 0.2) is 29.1 Å². The van der Waals surface area contributed by atoms with Crippen LogP contribution in [0.4, 0.5) is 0 Å². The van der Waals surface area contributed by atoms with E-state index in [1.165, 1.54) is 0 Å². The molecule has 0 aliphatic carbocycles. The summed E-state index contributed by atoms with van der Waals surface area (Å²) >= 11 is 0. The van der Waals surface area contributed by atoms with Crippen LogP contribution in [0.3, 0.4) is 0 Å². The topological polar surface area (TPSA) is 71.4 Å². The van der Waals surface area contributed by atoms with Crippen molar-refractivity contribution in [2.45, 2.75) is 38.6 Å². The van der Waals surface area contributed by atoms with E-state index >= 15 is 0 Å². The molecule has 1 aromatic carbocycles. The molecule has 1 saturated heterocycles. The summed E-state index contributed by atoms with van der Waals surface area (Å²) in [6, 6.07) is 7.96. The van der Waals surface area contributed by atoms with Crippen LogP contribution in [0.1, 0.15) is 38.3 Å². The highest BCUT2D eigenvalue weighted by molar-refractivity contribution is 5.97. The SMILES string of the molecule is CCOc1cccc2nn3c([C@H]4CCN[C@H](C)C4)cc(=O)[nH]c3c12. The Bertz CT molecular complexity index is 943. The van der Waals surface area contributed by atoms with Gasteiger partial charge in [-0.25, -0.2) is 4.52 Å². The van der Waals surface area contributed by atoms with E-state index in [9.17, 15) is 4.79 Å². The van der Waals surface area contributed by atoms with Crippen LogP contribution in [0.5, 0.6) is 5.75 Å². The first-order valence-electron chi connectivity index (χ1n) is 8.58. The minimum absolute atomic E-state index is 0.0863. The molecular formula is C18H22N4O2. The Morgan fingerprint density at radius 1 is 1.42 bits per heavy atom. The summed E-state index contributed by atoms with van der Waals surface area (Å²) in [5.41, 5.74) is 2.46. The minimum Gasteiger partial charge on any atom is -0.493 e. The van der Waals surface area contributed by atoms with E-state index < -0.39 is 0 Å². The van der Waals surface area contributed by atoms with Gasteiger partial charge < -0.3 is 15.0 Å². The van der Waals surface area contributed by atoms with Crippen LogP contribution in [-0.2, 0) is 0 Å². The van der Waals surface area contributed by atoms with Gasteiger partial charge in [-0.1, -0.05) is 6.07 Å². The molecule has 6 heteroatoms. The predicted octanol–water partition coefficient (Wildman–Crippen LogP) is 2.43. The number of aromatic nitrogens is 3. The molecule has 3 heterocycles. The van der Waals surface area contributed by atoms with E-state index in [0.717, 1.165) is 47.4 Å². The summed E-state index contributed by atoms with van der Waals surface area (Å²) in [6.07, 6.45) is 2.02. The number of hydrogen-bond donors (Lipinski definition) is 2. The Morgan fingerprint density at radius 2 is 2.29 bits per heavy atom. The molecule has 0 radical (unpaired) electrons. The number of hydrogen-bond acceptors (Lipinski definition) is 4. The first-order valence-corrected chi connectivity index (χ1v) is 8.58. The average molecular weight is 326 g/mol. The van der Waals surface area contributed by atoms with Crippen molar-refractivity contribution in [1.82, 2.24) is 19.9 Å². The molecule has 4 rings (SSSR count). The van der Waals surface area contributed by atoms with Crippen molar-refractivity contribution in [1.29, 1.82) is 0 Å². The lowest BCUT2D eigenvalue weighted by Crippen LogP contribution is -2.35. The van der Waals surface area contributed by atoms with Gasteiger partial charge in [0.1, 0.15) is 11.4 Å². The second-order valence-electron chi connectivity index (χ2n) is 6.48. The fraction of sp³-hybridized carbons (Fsp3) is 0.444. The molecule has 2 aromatic heterocycles. The summed E-state index contributed by atoms with van der Waals surface area (Å²) in [4.78, 5) is 15.2. The van der Waals surface area contributed by atoms with Gasteiger partial charge in [-0.3, -0.25) is 4.79 Å². The Kier molecular flexibility index (Phi) is 3.76. The zero-order valence-electron chi connectivity index (χ0n) is 14.0. The Hall–Kier alpha value is -2.34. The zero-order valence-corrected chi connectivity index (χ0v) is 14.0. The van der Waals surface area contributed by atoms with E-state index in [1.54, 1.807) is 6.07 Å². The van der Waals surface area contributed by atoms with Crippen molar-refractivity contribution < 1.29 is 4.74 Å². The summed E-state index contributed by atoms with van der Waals surface area (Å²) < 4.78 is 7.64. The van der Waals surface area contributed by atoms with Crippen molar-refractivity contribution >= 4 is 16.6 Å². The highest BCUT2D eigenvalue weighted by atomic mass is 16.5. The molecule has 2 N–H and O–H groups in total. The Balaban J connectivity index is 1.97. The maximum Gasteiger partial charge on any atom is 0.251 e. The van der Waals surface area contributed by atoms with Gasteiger partial charge in [0.25, 0.3) is 5.56 Å². The second-order valence-corrected chi connectivity index (χ2v) is 6.48. The molecule has 3 aromatic rings. The fourth-order valence-corrected chi connectivity index (χ4v) is 3.72. The third-order valence-corrected chi connectivity index (χ3v) is 4.77. The highest BCUT2D eigenvalue weighted by Crippen LogP contribution is 2.32. The van der Waals surface area contributed by atoms with Gasteiger partial charge in [0, 0.05) is 18.0 Å². The number of piperidine rings is 1. The smallest absolute Gasteiger partial charge is 0.251 e. The van der Waals surface area contributed by atoms with Crippen molar-refractivity contribution in [2.24, 2.45) is 0 Å². The van der Waals surface area contributed by atoms with Gasteiger partial charge >= 0.3 is 0 Å². The molecule has 0 bridgehead atoms. The lowest BCUT2D eigenvalue weighted by atomic mass is 9.90. The molecule has 2 atom stereocenters. The molecule has 0 saturated carbocycles. The van der Waals surface area contributed by atoms with E-state index in [4.69, 9.17) is 9.84 Å². The van der Waals surface area contributed by atoms with Crippen LogP contribution in [0, 0.1) is 0 Å². The molecule has 126 valence electrons. The van der Waals surface area contributed by atoms with E-state index in [0.29, 0.717) is 18.6 Å². The first-order chi connectivity index (χ1) is 11.7. The number of nitrogens with one attached hydrogen (secondary N) is 2. The average Bonchev–Trinajstić information content (AvgIpc) is 2.94. The quantitative estimate of drug-likeness (QED) is 0.775. The summed E-state index contributed by atoms with van der Waals surface area (Å²) in [5.74, 6) is 1.09. The number of ether oxygens (including phenoxy) is 1. The Labute approximate surface area is 139 Å².